The van der Waals surface area contributed by atoms with Crippen LogP contribution in [0.4, 0.5) is 10.5 Å². The molecule has 3 aliphatic rings. The van der Waals surface area contributed by atoms with Crippen molar-refractivity contribution in [3.63, 3.8) is 0 Å². The standard InChI is InChI=1S/C41H60ClN3O10S/c1-13-39(7,56-23(2)3)22-34(47)44(9)26(6)37(48)54-32-20-33(46)45(10)28-18-27(19-29(51-11)35(28)42)17-24(4)15-14-16-31(52-12)41(50)21-30(53-38(49)43-41)25(5)36-40(32,8)55-36/h14-16,18-19,23,25-26,30-32,36,50H,13,17,20-22H2,1-12H3,(H,43,49)/b16-14+,24-15+/t25-,26-,30+,31-,32+,36+,39?,40+,41+/m1/s1. The molecule has 0 spiro atoms. The normalized spacial score (nSPS) is 31.4. The van der Waals surface area contributed by atoms with E-state index in [1.807, 2.05) is 33.8 Å². The number of epoxide rings is 1. The summed E-state index contributed by atoms with van der Waals surface area (Å²) in [6.45, 7) is 15.3. The number of carbonyl (C=O) groups excluding carboxylic acids is 4. The van der Waals surface area contributed by atoms with Crippen LogP contribution in [0.2, 0.25) is 5.02 Å². The highest BCUT2D eigenvalue weighted by molar-refractivity contribution is 8.01. The van der Waals surface area contributed by atoms with E-state index in [9.17, 15) is 24.3 Å². The minimum atomic E-state index is -1.83. The average molecular weight is 822 g/mol. The van der Waals surface area contributed by atoms with Crippen molar-refractivity contribution >= 4 is 52.9 Å². The molecule has 0 aliphatic carbocycles. The molecule has 9 atom stereocenters. The van der Waals surface area contributed by atoms with Crippen LogP contribution in [-0.4, -0.2) is 114 Å². The van der Waals surface area contributed by atoms with Crippen molar-refractivity contribution in [2.75, 3.05) is 33.2 Å². The van der Waals surface area contributed by atoms with Crippen LogP contribution in [-0.2, 0) is 39.8 Å². The van der Waals surface area contributed by atoms with Crippen LogP contribution in [0.3, 0.4) is 0 Å². The molecule has 4 rings (SSSR count). The third-order valence-corrected chi connectivity index (χ3v) is 13.2. The molecular weight excluding hydrogens is 762 g/mol. The molecule has 3 aliphatic heterocycles. The fourth-order valence-electron chi connectivity index (χ4n) is 7.48. The van der Waals surface area contributed by atoms with Crippen molar-refractivity contribution in [1.82, 2.24) is 10.2 Å². The number of methoxy groups -OCH3 is 2. The zero-order valence-electron chi connectivity index (χ0n) is 34.8. The number of alkyl carbamates (subject to hydrolysis) is 1. The van der Waals surface area contributed by atoms with Crippen LogP contribution in [0, 0.1) is 5.92 Å². The maximum absolute atomic E-state index is 14.2. The second-order valence-corrected chi connectivity index (χ2v) is 18.6. The van der Waals surface area contributed by atoms with Crippen molar-refractivity contribution < 1.29 is 48.0 Å². The van der Waals surface area contributed by atoms with Gasteiger partial charge in [0.05, 0.1) is 25.3 Å². The number of likely N-dealkylation sites (N-methyl/N-ethyl adjacent to an activating group) is 1. The Kier molecular flexibility index (Phi) is 14.7. The summed E-state index contributed by atoms with van der Waals surface area (Å²) in [5, 5.41) is 14.8. The Hall–Kier alpha value is -3.30. The molecule has 0 radical (unpaired) electrons. The number of halogens is 1. The molecule has 0 saturated carbocycles. The lowest BCUT2D eigenvalue weighted by molar-refractivity contribution is -0.162. The molecule has 15 heteroatoms. The SMILES string of the molecule is CCC(C)(CC(=O)N(C)[C@H](C)C(=O)O[C@H]1CC(=O)N(C)c2cc(cc(OC)c2Cl)C/C(C)=C/C=C/[C@@H](OC)[C@@]2(O)C[C@H](OC(=O)N2)[C@@H](C)[C@@H]2O[C@@]12C)SC(C)C. The van der Waals surface area contributed by atoms with Gasteiger partial charge >= 0.3 is 12.1 Å². The molecule has 13 nitrogen and oxygen atoms in total. The second kappa shape index (κ2) is 18.1. The average Bonchev–Trinajstić information content (AvgIpc) is 3.83. The van der Waals surface area contributed by atoms with E-state index in [4.69, 9.17) is 35.3 Å². The summed E-state index contributed by atoms with van der Waals surface area (Å²) in [5.74, 6) is -1.49. The first-order valence-electron chi connectivity index (χ1n) is 19.1. The summed E-state index contributed by atoms with van der Waals surface area (Å²) in [5.41, 5.74) is -0.905. The topological polar surface area (TPSA) is 156 Å². The molecule has 2 saturated heterocycles. The lowest BCUT2D eigenvalue weighted by Gasteiger charge is -2.42. The monoisotopic (exact) mass is 821 g/mol. The summed E-state index contributed by atoms with van der Waals surface area (Å²) in [4.78, 5) is 57.5. The number of fused-ring (bicyclic) bond motifs is 5. The predicted octanol–water partition coefficient (Wildman–Crippen LogP) is 6.21. The Labute approximate surface area is 340 Å². The van der Waals surface area contributed by atoms with Gasteiger partial charge in [0.25, 0.3) is 0 Å². The molecule has 56 heavy (non-hydrogen) atoms. The quantitative estimate of drug-likeness (QED) is 0.204. The number of allylic oxidation sites excluding steroid dienone is 3. The Morgan fingerprint density at radius 1 is 1.23 bits per heavy atom. The largest absolute Gasteiger partial charge is 0.495 e. The van der Waals surface area contributed by atoms with Crippen LogP contribution in [0.25, 0.3) is 0 Å². The van der Waals surface area contributed by atoms with Crippen molar-refractivity contribution in [3.05, 3.63) is 46.5 Å². The van der Waals surface area contributed by atoms with E-state index in [-0.39, 0.29) is 34.9 Å². The van der Waals surface area contributed by atoms with Crippen LogP contribution in [0.1, 0.15) is 86.6 Å². The Bertz CT molecular complexity index is 1710. The minimum absolute atomic E-state index is 0.0483. The number of rotatable bonds is 10. The van der Waals surface area contributed by atoms with Crippen molar-refractivity contribution in [2.24, 2.45) is 5.92 Å². The molecule has 312 valence electrons. The lowest BCUT2D eigenvalue weighted by Crippen LogP contribution is -2.63. The molecular formula is C41H60ClN3O10S. The third-order valence-electron chi connectivity index (χ3n) is 11.3. The number of esters is 1. The van der Waals surface area contributed by atoms with Crippen LogP contribution in [0.15, 0.2) is 35.9 Å². The third kappa shape index (κ3) is 10.2. The number of ether oxygens (including phenoxy) is 5. The van der Waals surface area contributed by atoms with E-state index in [1.165, 1.54) is 24.0 Å². The summed E-state index contributed by atoms with van der Waals surface area (Å²) in [6.07, 6.45) is 1.97. The van der Waals surface area contributed by atoms with Crippen molar-refractivity contribution in [3.8, 4) is 5.75 Å². The van der Waals surface area contributed by atoms with Gasteiger partial charge in [0.1, 0.15) is 40.7 Å². The fraction of sp³-hybridized carbons (Fsp3) is 0.659. The first-order valence-corrected chi connectivity index (χ1v) is 20.4. The Morgan fingerprint density at radius 2 is 1.91 bits per heavy atom. The summed E-state index contributed by atoms with van der Waals surface area (Å²) in [7, 11) is 6.09. The first kappa shape index (κ1) is 45.4. The molecule has 1 unspecified atom stereocenters. The fourth-order valence-corrected chi connectivity index (χ4v) is 9.31. The van der Waals surface area contributed by atoms with E-state index < -0.39 is 65.7 Å². The highest BCUT2D eigenvalue weighted by Crippen LogP contribution is 2.49. The van der Waals surface area contributed by atoms with Gasteiger partial charge in [-0.25, -0.2) is 9.59 Å². The van der Waals surface area contributed by atoms with E-state index in [0.29, 0.717) is 23.1 Å². The molecule has 3 amide bonds. The number of anilines is 1. The molecule has 0 aromatic heterocycles. The maximum Gasteiger partial charge on any atom is 0.409 e. The number of thioether (sulfide) groups is 1. The van der Waals surface area contributed by atoms with Gasteiger partial charge in [-0.2, -0.15) is 11.8 Å². The highest BCUT2D eigenvalue weighted by Gasteiger charge is 2.64. The molecule has 2 N–H and O–H groups in total. The Balaban J connectivity index is 1.73. The van der Waals surface area contributed by atoms with Crippen LogP contribution in [0.5, 0.6) is 5.75 Å². The van der Waals surface area contributed by atoms with Crippen LogP contribution < -0.4 is 15.0 Å². The van der Waals surface area contributed by atoms with Gasteiger partial charge in [0.2, 0.25) is 11.8 Å². The predicted molar refractivity (Wildman–Crippen MR) is 217 cm³/mol. The van der Waals surface area contributed by atoms with Gasteiger partial charge in [-0.05, 0) is 63.5 Å². The summed E-state index contributed by atoms with van der Waals surface area (Å²) >= 11 is 8.51. The molecule has 2 fully saturated rings. The Morgan fingerprint density at radius 3 is 2.52 bits per heavy atom. The molecule has 1 aromatic rings. The smallest absolute Gasteiger partial charge is 0.409 e. The molecule has 1 aromatic carbocycles. The van der Waals surface area contributed by atoms with Crippen molar-refractivity contribution in [1.29, 1.82) is 0 Å². The van der Waals surface area contributed by atoms with Gasteiger partial charge < -0.3 is 38.6 Å². The minimum Gasteiger partial charge on any atom is -0.495 e. The molecule has 3 heterocycles. The summed E-state index contributed by atoms with van der Waals surface area (Å²) in [6, 6.07) is 2.62. The number of hydrogen-bond acceptors (Lipinski definition) is 11. The van der Waals surface area contributed by atoms with Gasteiger partial charge in [0.15, 0.2) is 5.72 Å². The number of hydrogen-bond donors (Lipinski definition) is 2. The van der Waals surface area contributed by atoms with Crippen LogP contribution >= 0.6 is 23.4 Å². The van der Waals surface area contributed by atoms with E-state index in [0.717, 1.165) is 17.6 Å². The van der Waals surface area contributed by atoms with Gasteiger partial charge in [-0.15, -0.1) is 0 Å². The van der Waals surface area contributed by atoms with E-state index in [1.54, 1.807) is 64.0 Å². The molecule has 4 bridgehead atoms. The van der Waals surface area contributed by atoms with E-state index >= 15 is 0 Å². The number of nitrogens with zero attached hydrogens (tertiary/aromatic N) is 2. The van der Waals surface area contributed by atoms with Gasteiger partial charge in [0, 0.05) is 44.7 Å². The van der Waals surface area contributed by atoms with Crippen molar-refractivity contribution in [2.45, 2.75) is 139 Å². The first-order chi connectivity index (χ1) is 26.1. The number of amides is 3. The highest BCUT2D eigenvalue weighted by atomic mass is 35.5. The zero-order valence-corrected chi connectivity index (χ0v) is 36.3. The number of benzene rings is 1. The van der Waals surface area contributed by atoms with E-state index in [2.05, 4.69) is 19.2 Å². The summed E-state index contributed by atoms with van der Waals surface area (Å²) < 4.78 is 29.1. The number of carbonyl (C=O) groups is 4. The maximum atomic E-state index is 14.2. The zero-order chi connectivity index (χ0) is 41.9. The number of aliphatic hydroxyl groups is 1. The lowest BCUT2D eigenvalue weighted by atomic mass is 9.83. The van der Waals surface area contributed by atoms with Gasteiger partial charge in [-0.3, -0.25) is 14.9 Å². The van der Waals surface area contributed by atoms with Gasteiger partial charge in [-0.1, -0.05) is 63.1 Å². The number of nitrogens with one attached hydrogen (secondary N) is 1. The second-order valence-electron chi connectivity index (χ2n) is 16.1.